The van der Waals surface area contributed by atoms with Crippen LogP contribution in [0.15, 0.2) is 29.2 Å². The van der Waals surface area contributed by atoms with Crippen LogP contribution in [0, 0.1) is 0 Å². The third kappa shape index (κ3) is 6.48. The van der Waals surface area contributed by atoms with Crippen LogP contribution in [0.4, 0.5) is 13.2 Å². The van der Waals surface area contributed by atoms with Crippen LogP contribution in [-0.2, 0) is 21.0 Å². The van der Waals surface area contributed by atoms with Crippen molar-refractivity contribution in [1.82, 2.24) is 14.1 Å². The smallest absolute Gasteiger partial charge is 0.342 e. The lowest BCUT2D eigenvalue weighted by atomic mass is 10.0. The lowest BCUT2D eigenvalue weighted by molar-refractivity contribution is -0.137. The Morgan fingerprint density at radius 2 is 1.67 bits per heavy atom. The van der Waals surface area contributed by atoms with Gasteiger partial charge in [0.25, 0.3) is 0 Å². The van der Waals surface area contributed by atoms with Crippen LogP contribution >= 0.6 is 0 Å². The fourth-order valence-corrected chi connectivity index (χ4v) is 6.72. The highest BCUT2D eigenvalue weighted by atomic mass is 32.2. The predicted molar refractivity (Wildman–Crippen MR) is 120 cm³/mol. The molecule has 2 saturated heterocycles. The molecule has 186 valence electrons. The van der Waals surface area contributed by atoms with Gasteiger partial charge in [-0.05, 0) is 57.7 Å². The van der Waals surface area contributed by atoms with E-state index in [0.29, 0.717) is 38.5 Å². The average molecular weight is 490 g/mol. The lowest BCUT2D eigenvalue weighted by Crippen LogP contribution is -2.51. The van der Waals surface area contributed by atoms with Crippen LogP contribution < -0.4 is 0 Å². The summed E-state index contributed by atoms with van der Waals surface area (Å²) in [6, 6.07) is 3.20. The summed E-state index contributed by atoms with van der Waals surface area (Å²) in [5.41, 5.74) is -0.978. The van der Waals surface area contributed by atoms with Crippen LogP contribution in [0.2, 0.25) is 0 Å². The molecule has 0 unspecified atom stereocenters. The Kier molecular flexibility index (Phi) is 8.45. The summed E-state index contributed by atoms with van der Waals surface area (Å²) >= 11 is 0. The van der Waals surface area contributed by atoms with E-state index in [-0.39, 0.29) is 16.8 Å². The van der Waals surface area contributed by atoms with Gasteiger partial charge in [-0.2, -0.15) is 17.5 Å². The van der Waals surface area contributed by atoms with E-state index in [1.807, 2.05) is 4.90 Å². The molecule has 10 heteroatoms. The quantitative estimate of drug-likeness (QED) is 0.607. The van der Waals surface area contributed by atoms with Crippen molar-refractivity contribution in [2.45, 2.75) is 75.5 Å². The molecule has 2 aliphatic heterocycles. The highest BCUT2D eigenvalue weighted by Crippen LogP contribution is 2.33. The maximum atomic E-state index is 13.3. The van der Waals surface area contributed by atoms with Crippen molar-refractivity contribution in [2.75, 3.05) is 32.7 Å². The van der Waals surface area contributed by atoms with Gasteiger partial charge in [-0.25, -0.2) is 8.42 Å². The van der Waals surface area contributed by atoms with Gasteiger partial charge in [0.15, 0.2) is 0 Å². The molecule has 0 spiro atoms. The zero-order valence-corrected chi connectivity index (χ0v) is 20.2. The fraction of sp³-hybridized carbons (Fsp3) is 0.696. The Labute approximate surface area is 194 Å². The standard InChI is InChI=1S/C23H34F3N3O3S/c1-18(2)29(33(31,32)21-9-7-8-19(16-21)23(24,25)26)20-10-14-27(15-11-20)17-22(30)28-12-5-3-4-6-13-28/h7-9,16,18,20H,3-6,10-15,17H2,1-2H3. The number of rotatable bonds is 6. The topological polar surface area (TPSA) is 60.9 Å². The molecule has 3 rings (SSSR count). The number of benzene rings is 1. The number of halogens is 3. The van der Waals surface area contributed by atoms with Gasteiger partial charge in [0, 0.05) is 38.3 Å². The molecule has 0 bridgehead atoms. The first-order valence-electron chi connectivity index (χ1n) is 11.7. The molecule has 6 nitrogen and oxygen atoms in total. The molecule has 0 saturated carbocycles. The molecule has 1 aromatic carbocycles. The van der Waals surface area contributed by atoms with Gasteiger partial charge in [-0.3, -0.25) is 9.69 Å². The number of nitrogens with zero attached hydrogens (tertiary/aromatic N) is 3. The van der Waals surface area contributed by atoms with Crippen molar-refractivity contribution in [3.63, 3.8) is 0 Å². The number of piperidine rings is 1. The minimum Gasteiger partial charge on any atom is -0.342 e. The van der Waals surface area contributed by atoms with Gasteiger partial charge in [0.1, 0.15) is 0 Å². The normalized spacial score (nSPS) is 19.8. The predicted octanol–water partition coefficient (Wildman–Crippen LogP) is 3.97. The van der Waals surface area contributed by atoms with Crippen LogP contribution in [0.25, 0.3) is 0 Å². The molecule has 2 fully saturated rings. The van der Waals surface area contributed by atoms with Gasteiger partial charge in [0.05, 0.1) is 17.0 Å². The van der Waals surface area contributed by atoms with Crippen LogP contribution in [0.3, 0.4) is 0 Å². The van der Waals surface area contributed by atoms with E-state index in [2.05, 4.69) is 4.90 Å². The van der Waals surface area contributed by atoms with E-state index >= 15 is 0 Å². The summed E-state index contributed by atoms with van der Waals surface area (Å²) in [7, 11) is -4.10. The molecule has 0 atom stereocenters. The fourth-order valence-electron chi connectivity index (χ4n) is 4.79. The first-order valence-corrected chi connectivity index (χ1v) is 13.1. The molecule has 2 aliphatic rings. The van der Waals surface area contributed by atoms with Crippen molar-refractivity contribution in [1.29, 1.82) is 0 Å². The van der Waals surface area contributed by atoms with E-state index < -0.39 is 27.8 Å². The van der Waals surface area contributed by atoms with Crippen molar-refractivity contribution in [3.8, 4) is 0 Å². The first kappa shape index (κ1) is 26.0. The number of likely N-dealkylation sites (tertiary alicyclic amines) is 2. The van der Waals surface area contributed by atoms with Crippen LogP contribution in [-0.4, -0.2) is 73.2 Å². The molecule has 1 aromatic rings. The Bertz CT molecular complexity index is 905. The zero-order valence-electron chi connectivity index (χ0n) is 19.4. The first-order chi connectivity index (χ1) is 15.5. The number of hydrogen-bond acceptors (Lipinski definition) is 4. The number of carbonyl (C=O) groups is 1. The third-order valence-corrected chi connectivity index (χ3v) is 8.60. The minimum absolute atomic E-state index is 0.118. The highest BCUT2D eigenvalue weighted by Gasteiger charge is 2.38. The average Bonchev–Trinajstić information content (AvgIpc) is 3.04. The monoisotopic (exact) mass is 489 g/mol. The number of carbonyl (C=O) groups excluding carboxylic acids is 1. The second-order valence-corrected chi connectivity index (χ2v) is 11.1. The molecule has 33 heavy (non-hydrogen) atoms. The van der Waals surface area contributed by atoms with E-state index in [4.69, 9.17) is 0 Å². The molecular weight excluding hydrogens is 455 g/mol. The van der Waals surface area contributed by atoms with Crippen LogP contribution in [0.5, 0.6) is 0 Å². The maximum Gasteiger partial charge on any atom is 0.416 e. The van der Waals surface area contributed by atoms with E-state index in [0.717, 1.165) is 50.9 Å². The molecule has 0 aromatic heterocycles. The Morgan fingerprint density at radius 3 is 2.21 bits per heavy atom. The second-order valence-electron chi connectivity index (χ2n) is 9.26. The van der Waals surface area contributed by atoms with Crippen molar-refractivity contribution in [3.05, 3.63) is 29.8 Å². The number of hydrogen-bond donors (Lipinski definition) is 0. The zero-order chi connectivity index (χ0) is 24.2. The summed E-state index contributed by atoms with van der Waals surface area (Å²) in [5.74, 6) is 0.118. The SMILES string of the molecule is CC(C)N(C1CCN(CC(=O)N2CCCCCC2)CC1)S(=O)(=O)c1cccc(C(F)(F)F)c1. The minimum atomic E-state index is -4.61. The van der Waals surface area contributed by atoms with E-state index in [1.165, 1.54) is 10.4 Å². The van der Waals surface area contributed by atoms with Crippen molar-refractivity contribution in [2.24, 2.45) is 0 Å². The Morgan fingerprint density at radius 1 is 1.06 bits per heavy atom. The van der Waals surface area contributed by atoms with Crippen molar-refractivity contribution < 1.29 is 26.4 Å². The summed E-state index contributed by atoms with van der Waals surface area (Å²) in [5, 5.41) is 0. The molecular formula is C23H34F3N3O3S. The van der Waals surface area contributed by atoms with Gasteiger partial charge in [-0.1, -0.05) is 18.9 Å². The number of alkyl halides is 3. The summed E-state index contributed by atoms with van der Waals surface area (Å²) in [6.45, 7) is 6.55. The summed E-state index contributed by atoms with van der Waals surface area (Å²) in [6.07, 6.45) is 0.822. The molecule has 2 heterocycles. The van der Waals surface area contributed by atoms with E-state index in [1.54, 1.807) is 13.8 Å². The van der Waals surface area contributed by atoms with Crippen LogP contribution in [0.1, 0.15) is 57.9 Å². The molecule has 0 aliphatic carbocycles. The van der Waals surface area contributed by atoms with Gasteiger partial charge in [-0.15, -0.1) is 0 Å². The molecule has 1 amide bonds. The Hall–Kier alpha value is -1.65. The highest BCUT2D eigenvalue weighted by molar-refractivity contribution is 7.89. The van der Waals surface area contributed by atoms with E-state index in [9.17, 15) is 26.4 Å². The largest absolute Gasteiger partial charge is 0.416 e. The second kappa shape index (κ2) is 10.7. The maximum absolute atomic E-state index is 13.3. The summed E-state index contributed by atoms with van der Waals surface area (Å²) in [4.78, 5) is 16.3. The lowest BCUT2D eigenvalue weighted by Gasteiger charge is -2.40. The summed E-state index contributed by atoms with van der Waals surface area (Å²) < 4.78 is 67.4. The molecule has 0 N–H and O–H groups in total. The number of sulfonamides is 1. The Balaban J connectivity index is 1.67. The van der Waals surface area contributed by atoms with Gasteiger partial charge >= 0.3 is 6.18 Å². The van der Waals surface area contributed by atoms with Crippen molar-refractivity contribution >= 4 is 15.9 Å². The number of amides is 1. The van der Waals surface area contributed by atoms with Gasteiger partial charge in [0.2, 0.25) is 15.9 Å². The van der Waals surface area contributed by atoms with Gasteiger partial charge < -0.3 is 4.90 Å². The molecule has 0 radical (unpaired) electrons. The third-order valence-electron chi connectivity index (χ3n) is 6.48.